The molecule has 3 aromatic carbocycles. The van der Waals surface area contributed by atoms with Gasteiger partial charge in [0, 0.05) is 29.4 Å². The Bertz CT molecular complexity index is 990. The van der Waals surface area contributed by atoms with Gasteiger partial charge in [0.15, 0.2) is 0 Å². The van der Waals surface area contributed by atoms with Gasteiger partial charge in [-0.3, -0.25) is 4.79 Å². The van der Waals surface area contributed by atoms with Crippen LogP contribution in [0.4, 0.5) is 0 Å². The van der Waals surface area contributed by atoms with Crippen LogP contribution >= 0.6 is 21.6 Å². The monoisotopic (exact) mass is 477 g/mol. The lowest BCUT2D eigenvalue weighted by Gasteiger charge is -2.38. The van der Waals surface area contributed by atoms with Crippen LogP contribution in [0.5, 0.6) is 0 Å². The molecule has 1 fully saturated rings. The molecule has 1 unspecified atom stereocenters. The van der Waals surface area contributed by atoms with E-state index in [0.717, 1.165) is 53.8 Å². The highest BCUT2D eigenvalue weighted by Gasteiger charge is 2.53. The summed E-state index contributed by atoms with van der Waals surface area (Å²) in [5, 5.41) is 0. The van der Waals surface area contributed by atoms with Gasteiger partial charge in [0.25, 0.3) is 0 Å². The zero-order valence-electron chi connectivity index (χ0n) is 19.2. The summed E-state index contributed by atoms with van der Waals surface area (Å²) in [7, 11) is 6.12. The largest absolute Gasteiger partial charge is 0.369 e. The lowest BCUT2D eigenvalue weighted by molar-refractivity contribution is -0.899. The van der Waals surface area contributed by atoms with Gasteiger partial charge in [-0.1, -0.05) is 100 Å². The molecule has 5 heteroatoms. The molecule has 1 heterocycles. The number of quaternary nitrogens is 1. The highest BCUT2D eigenvalue weighted by atomic mass is 33.1. The summed E-state index contributed by atoms with van der Waals surface area (Å²) in [6.45, 7) is 3.16. The summed E-state index contributed by atoms with van der Waals surface area (Å²) in [6, 6.07) is 30.9. The number of benzene rings is 3. The number of rotatable bonds is 10. The second-order valence-electron chi connectivity index (χ2n) is 9.21. The number of nitrogens with two attached hydrogens (primary N) is 1. The zero-order chi connectivity index (χ0) is 23.2. The fourth-order valence-electron chi connectivity index (χ4n) is 5.36. The van der Waals surface area contributed by atoms with E-state index in [1.165, 1.54) is 4.90 Å². The molecule has 0 radical (unpaired) electrons. The van der Waals surface area contributed by atoms with E-state index in [1.54, 1.807) is 0 Å². The number of likely N-dealkylation sites (tertiary alicyclic amines) is 1. The van der Waals surface area contributed by atoms with E-state index >= 15 is 0 Å². The van der Waals surface area contributed by atoms with Crippen LogP contribution in [0.1, 0.15) is 24.0 Å². The fraction of sp³-hybridized carbons (Fsp3) is 0.321. The first-order valence-corrected chi connectivity index (χ1v) is 14.0. The van der Waals surface area contributed by atoms with Crippen molar-refractivity contribution in [2.75, 3.05) is 32.4 Å². The van der Waals surface area contributed by atoms with Crippen molar-refractivity contribution < 1.29 is 9.28 Å². The van der Waals surface area contributed by atoms with Gasteiger partial charge in [-0.2, -0.15) is 0 Å². The third-order valence-electron chi connectivity index (χ3n) is 6.96. The van der Waals surface area contributed by atoms with Crippen LogP contribution in [-0.4, -0.2) is 42.8 Å². The maximum Gasteiger partial charge on any atom is 0.233 e. The summed E-state index contributed by atoms with van der Waals surface area (Å²) < 4.78 is 0.996. The number of hydrogen-bond acceptors (Lipinski definition) is 3. The van der Waals surface area contributed by atoms with E-state index in [0.29, 0.717) is 0 Å². The molecular formula is C28H33N2OS2+. The number of hydrogen-bond donors (Lipinski definition) is 1. The second kappa shape index (κ2) is 10.8. The lowest BCUT2D eigenvalue weighted by atomic mass is 9.64. The Labute approximate surface area is 205 Å². The van der Waals surface area contributed by atoms with Crippen molar-refractivity contribution in [1.29, 1.82) is 0 Å². The minimum atomic E-state index is -0.795. The topological polar surface area (TPSA) is 43.1 Å². The summed E-state index contributed by atoms with van der Waals surface area (Å²) >= 11 is 0. The van der Waals surface area contributed by atoms with Gasteiger partial charge < -0.3 is 10.2 Å². The molecule has 0 aliphatic carbocycles. The zero-order valence-corrected chi connectivity index (χ0v) is 20.9. The van der Waals surface area contributed by atoms with Gasteiger partial charge in [0.05, 0.1) is 26.7 Å². The molecule has 0 saturated carbocycles. The molecule has 0 aromatic heterocycles. The Morgan fingerprint density at radius 2 is 1.48 bits per heavy atom. The molecule has 4 rings (SSSR count). The highest BCUT2D eigenvalue weighted by molar-refractivity contribution is 8.76. The molecular weight excluding hydrogens is 444 g/mol. The average molecular weight is 478 g/mol. The predicted octanol–water partition coefficient (Wildman–Crippen LogP) is 5.76. The van der Waals surface area contributed by atoms with Crippen molar-refractivity contribution in [3.63, 3.8) is 0 Å². The van der Waals surface area contributed by atoms with Crippen molar-refractivity contribution in [2.24, 2.45) is 11.7 Å². The minimum Gasteiger partial charge on any atom is -0.369 e. The minimum absolute atomic E-state index is 0.177. The van der Waals surface area contributed by atoms with Crippen LogP contribution in [0.25, 0.3) is 0 Å². The Morgan fingerprint density at radius 3 is 2.03 bits per heavy atom. The Hall–Kier alpha value is -2.21. The molecule has 1 aliphatic heterocycles. The normalized spacial score (nSPS) is 20.6. The van der Waals surface area contributed by atoms with Gasteiger partial charge in [-0.05, 0) is 23.3 Å². The third kappa shape index (κ3) is 5.32. The lowest BCUT2D eigenvalue weighted by Crippen LogP contribution is -2.51. The number of nitrogens with zero attached hydrogens (tertiary/aromatic N) is 1. The standard InChI is InChI=1S/C28H32N2OS2/c1-30(19-11-21-32-33-26-16-9-4-10-17-26)20-18-25(22-30)28(27(29)31,23-12-5-2-6-13-23)24-14-7-3-8-15-24/h2-10,12-17,25H,11,18-22H2,1H3,(H-,29,31)/p+1/t25-,30?/m1/s1. The molecule has 1 saturated heterocycles. The molecule has 0 bridgehead atoms. The van der Waals surface area contributed by atoms with Gasteiger partial charge in [-0.25, -0.2) is 0 Å². The smallest absolute Gasteiger partial charge is 0.233 e. The molecule has 1 aliphatic rings. The van der Waals surface area contributed by atoms with Gasteiger partial charge in [0.2, 0.25) is 5.91 Å². The van der Waals surface area contributed by atoms with Gasteiger partial charge in [0.1, 0.15) is 5.41 Å². The summed E-state index contributed by atoms with van der Waals surface area (Å²) in [4.78, 5) is 14.6. The summed E-state index contributed by atoms with van der Waals surface area (Å²) in [6.07, 6.45) is 2.16. The Kier molecular flexibility index (Phi) is 7.84. The first-order chi connectivity index (χ1) is 16.0. The SMILES string of the molecule is C[N+]1(CCCSSc2ccccc2)CC[C@@H](C(C(N)=O)(c2ccccc2)c2ccccc2)C1. The van der Waals surface area contributed by atoms with Crippen LogP contribution in [0.3, 0.4) is 0 Å². The first kappa shape index (κ1) is 23.9. The van der Waals surface area contributed by atoms with Crippen LogP contribution in [0, 0.1) is 5.92 Å². The van der Waals surface area contributed by atoms with E-state index in [4.69, 9.17) is 5.73 Å². The number of carbonyl (C=O) groups is 1. The van der Waals surface area contributed by atoms with E-state index in [2.05, 4.69) is 61.6 Å². The number of carbonyl (C=O) groups excluding carboxylic acids is 1. The first-order valence-electron chi connectivity index (χ1n) is 11.6. The molecule has 3 aromatic rings. The second-order valence-corrected chi connectivity index (χ2v) is 11.7. The Balaban J connectivity index is 1.47. The summed E-state index contributed by atoms with van der Waals surface area (Å²) in [5.41, 5.74) is 7.47. The third-order valence-corrected chi connectivity index (χ3v) is 9.43. The maximum atomic E-state index is 13.3. The number of primary amides is 1. The van der Waals surface area contributed by atoms with Crippen molar-refractivity contribution in [2.45, 2.75) is 23.2 Å². The fourth-order valence-corrected chi connectivity index (χ4v) is 7.44. The predicted molar refractivity (Wildman–Crippen MR) is 141 cm³/mol. The van der Waals surface area contributed by atoms with Crippen LogP contribution in [0.2, 0.25) is 0 Å². The van der Waals surface area contributed by atoms with E-state index < -0.39 is 5.41 Å². The van der Waals surface area contributed by atoms with E-state index in [-0.39, 0.29) is 11.8 Å². The van der Waals surface area contributed by atoms with Crippen LogP contribution < -0.4 is 5.73 Å². The molecule has 2 N–H and O–H groups in total. The Morgan fingerprint density at radius 1 is 0.939 bits per heavy atom. The molecule has 1 amide bonds. The number of amides is 1. The highest BCUT2D eigenvalue weighted by Crippen LogP contribution is 2.45. The molecule has 0 spiro atoms. The average Bonchev–Trinajstić information content (AvgIpc) is 3.23. The van der Waals surface area contributed by atoms with Crippen LogP contribution in [-0.2, 0) is 10.2 Å². The molecule has 172 valence electrons. The quantitative estimate of drug-likeness (QED) is 0.229. The van der Waals surface area contributed by atoms with E-state index in [1.807, 2.05) is 58.0 Å². The molecule has 3 nitrogen and oxygen atoms in total. The van der Waals surface area contributed by atoms with Crippen molar-refractivity contribution in [3.05, 3.63) is 102 Å². The maximum absolute atomic E-state index is 13.3. The van der Waals surface area contributed by atoms with Crippen molar-refractivity contribution in [3.8, 4) is 0 Å². The molecule has 33 heavy (non-hydrogen) atoms. The van der Waals surface area contributed by atoms with E-state index in [9.17, 15) is 4.79 Å². The molecule has 2 atom stereocenters. The van der Waals surface area contributed by atoms with Crippen LogP contribution in [0.15, 0.2) is 95.9 Å². The van der Waals surface area contributed by atoms with Crippen molar-refractivity contribution in [1.82, 2.24) is 0 Å². The van der Waals surface area contributed by atoms with Gasteiger partial charge in [-0.15, -0.1) is 0 Å². The van der Waals surface area contributed by atoms with Crippen molar-refractivity contribution >= 4 is 27.5 Å². The van der Waals surface area contributed by atoms with Gasteiger partial charge >= 0.3 is 0 Å². The summed E-state index contributed by atoms with van der Waals surface area (Å²) in [5.74, 6) is 1.06.